The number of hydrogen-bond donors (Lipinski definition) is 2. The van der Waals surface area contributed by atoms with Crippen molar-refractivity contribution in [3.8, 4) is 11.3 Å². The van der Waals surface area contributed by atoms with E-state index in [1.165, 1.54) is 0 Å². The van der Waals surface area contributed by atoms with E-state index < -0.39 is 0 Å². The molecule has 0 aromatic carbocycles. The first kappa shape index (κ1) is 14.1. The van der Waals surface area contributed by atoms with Crippen LogP contribution in [-0.4, -0.2) is 32.7 Å². The van der Waals surface area contributed by atoms with E-state index in [-0.39, 0.29) is 5.54 Å². The van der Waals surface area contributed by atoms with Crippen LogP contribution >= 0.6 is 0 Å². The second kappa shape index (κ2) is 5.15. The molecule has 2 aromatic rings. The lowest BCUT2D eigenvalue weighted by atomic mass is 9.97. The van der Waals surface area contributed by atoms with Crippen molar-refractivity contribution < 1.29 is 0 Å². The van der Waals surface area contributed by atoms with Crippen molar-refractivity contribution in [1.82, 2.24) is 19.9 Å². The Labute approximate surface area is 125 Å². The molecule has 5 nitrogen and oxygen atoms in total. The summed E-state index contributed by atoms with van der Waals surface area (Å²) in [5.41, 5.74) is 3.17. The Hall–Kier alpha value is -1.88. The van der Waals surface area contributed by atoms with Crippen LogP contribution in [0.3, 0.4) is 0 Å². The number of aryl methyl sites for hydroxylation is 2. The Bertz CT molecular complexity index is 644. The summed E-state index contributed by atoms with van der Waals surface area (Å²) in [6.45, 7) is 7.54. The standard InChI is InChI=1S/C16H23N5/c1-11-12(13-9-21(4)10-17-13)5-6-15(19-11)20-14-7-8-18-16(14,2)3/h5-6,9-10,14,18H,7-8H2,1-4H3,(H,19,20)/t14-/m1/s1. The molecule has 0 amide bonds. The molecule has 0 aliphatic carbocycles. The maximum atomic E-state index is 4.70. The molecule has 0 radical (unpaired) electrons. The average Bonchev–Trinajstić information content (AvgIpc) is 2.97. The van der Waals surface area contributed by atoms with Crippen molar-refractivity contribution in [1.29, 1.82) is 0 Å². The van der Waals surface area contributed by atoms with Gasteiger partial charge >= 0.3 is 0 Å². The summed E-state index contributed by atoms with van der Waals surface area (Å²) in [7, 11) is 1.98. The van der Waals surface area contributed by atoms with E-state index in [0.717, 1.165) is 35.7 Å². The van der Waals surface area contributed by atoms with Crippen LogP contribution < -0.4 is 10.6 Å². The number of imidazole rings is 1. The molecule has 3 heterocycles. The second-order valence-corrected chi connectivity index (χ2v) is 6.39. The van der Waals surface area contributed by atoms with Crippen molar-refractivity contribution in [2.45, 2.75) is 38.8 Å². The smallest absolute Gasteiger partial charge is 0.126 e. The Morgan fingerprint density at radius 2 is 2.19 bits per heavy atom. The van der Waals surface area contributed by atoms with Gasteiger partial charge in [-0.05, 0) is 45.9 Å². The van der Waals surface area contributed by atoms with E-state index in [0.29, 0.717) is 6.04 Å². The van der Waals surface area contributed by atoms with Crippen molar-refractivity contribution >= 4 is 5.82 Å². The predicted molar refractivity (Wildman–Crippen MR) is 85.3 cm³/mol. The number of pyridine rings is 1. The minimum absolute atomic E-state index is 0.106. The van der Waals surface area contributed by atoms with Gasteiger partial charge in [-0.15, -0.1) is 0 Å². The number of anilines is 1. The molecule has 1 saturated heterocycles. The van der Waals surface area contributed by atoms with E-state index in [1.54, 1.807) is 0 Å². The van der Waals surface area contributed by atoms with Crippen molar-refractivity contribution in [2.24, 2.45) is 7.05 Å². The lowest BCUT2D eigenvalue weighted by molar-refractivity contribution is 0.427. The molecule has 0 saturated carbocycles. The molecular weight excluding hydrogens is 262 g/mol. The highest BCUT2D eigenvalue weighted by molar-refractivity contribution is 5.63. The fourth-order valence-corrected chi connectivity index (χ4v) is 2.92. The van der Waals surface area contributed by atoms with Crippen LogP contribution in [0.15, 0.2) is 24.7 Å². The fourth-order valence-electron chi connectivity index (χ4n) is 2.92. The zero-order valence-corrected chi connectivity index (χ0v) is 13.1. The van der Waals surface area contributed by atoms with E-state index in [4.69, 9.17) is 4.98 Å². The van der Waals surface area contributed by atoms with Gasteiger partial charge in [0.15, 0.2) is 0 Å². The highest BCUT2D eigenvalue weighted by Crippen LogP contribution is 2.25. The SMILES string of the molecule is Cc1nc(N[C@@H]2CCNC2(C)C)ccc1-c1cn(C)cn1. The summed E-state index contributed by atoms with van der Waals surface area (Å²) < 4.78 is 1.95. The van der Waals surface area contributed by atoms with Gasteiger partial charge in [0.1, 0.15) is 5.82 Å². The quantitative estimate of drug-likeness (QED) is 0.909. The maximum Gasteiger partial charge on any atom is 0.126 e. The van der Waals surface area contributed by atoms with Crippen LogP contribution in [0, 0.1) is 6.92 Å². The summed E-state index contributed by atoms with van der Waals surface area (Å²) >= 11 is 0. The number of nitrogens with one attached hydrogen (secondary N) is 2. The van der Waals surface area contributed by atoms with Gasteiger partial charge in [-0.2, -0.15) is 0 Å². The number of hydrogen-bond acceptors (Lipinski definition) is 4. The third-order valence-corrected chi connectivity index (χ3v) is 4.27. The lowest BCUT2D eigenvalue weighted by Crippen LogP contribution is -2.45. The fraction of sp³-hybridized carbons (Fsp3) is 0.500. The molecule has 0 spiro atoms. The van der Waals surface area contributed by atoms with Crippen LogP contribution in [0.25, 0.3) is 11.3 Å². The number of nitrogens with zero attached hydrogens (tertiary/aromatic N) is 3. The molecule has 1 atom stereocenters. The van der Waals surface area contributed by atoms with Crippen LogP contribution in [0.4, 0.5) is 5.82 Å². The second-order valence-electron chi connectivity index (χ2n) is 6.39. The first-order valence-corrected chi connectivity index (χ1v) is 7.43. The third kappa shape index (κ3) is 2.78. The largest absolute Gasteiger partial charge is 0.365 e. The Morgan fingerprint density at radius 3 is 2.76 bits per heavy atom. The molecule has 21 heavy (non-hydrogen) atoms. The molecule has 5 heteroatoms. The number of rotatable bonds is 3. The van der Waals surface area contributed by atoms with Crippen molar-refractivity contribution in [3.05, 3.63) is 30.4 Å². The monoisotopic (exact) mass is 285 g/mol. The molecule has 0 unspecified atom stereocenters. The summed E-state index contributed by atoms with van der Waals surface area (Å²) in [5.74, 6) is 0.939. The molecule has 1 fully saturated rings. The normalized spacial score (nSPS) is 20.7. The molecule has 1 aliphatic heterocycles. The molecular formula is C16H23N5. The molecule has 1 aliphatic rings. The van der Waals surface area contributed by atoms with Gasteiger partial charge < -0.3 is 15.2 Å². The molecule has 2 aromatic heterocycles. The highest BCUT2D eigenvalue weighted by Gasteiger charge is 2.34. The number of aromatic nitrogens is 3. The third-order valence-electron chi connectivity index (χ3n) is 4.27. The van der Waals surface area contributed by atoms with Crippen LogP contribution in [0.2, 0.25) is 0 Å². The van der Waals surface area contributed by atoms with Gasteiger partial charge in [-0.25, -0.2) is 9.97 Å². The summed E-state index contributed by atoms with van der Waals surface area (Å²) in [6, 6.07) is 4.55. The average molecular weight is 285 g/mol. The molecule has 112 valence electrons. The summed E-state index contributed by atoms with van der Waals surface area (Å²) in [6.07, 6.45) is 4.95. The molecule has 0 bridgehead atoms. The van der Waals surface area contributed by atoms with Crippen LogP contribution in [0.5, 0.6) is 0 Å². The minimum atomic E-state index is 0.106. The first-order chi connectivity index (χ1) is 9.95. The van der Waals surface area contributed by atoms with E-state index >= 15 is 0 Å². The van der Waals surface area contributed by atoms with Gasteiger partial charge in [0.25, 0.3) is 0 Å². The zero-order valence-electron chi connectivity index (χ0n) is 13.1. The highest BCUT2D eigenvalue weighted by atomic mass is 15.1. The zero-order chi connectivity index (χ0) is 15.0. The van der Waals surface area contributed by atoms with Gasteiger partial charge in [0, 0.05) is 36.1 Å². The van der Waals surface area contributed by atoms with Gasteiger partial charge in [-0.1, -0.05) is 0 Å². The summed E-state index contributed by atoms with van der Waals surface area (Å²) in [5, 5.41) is 7.07. The van der Waals surface area contributed by atoms with Gasteiger partial charge in [0.05, 0.1) is 12.0 Å². The van der Waals surface area contributed by atoms with Crippen LogP contribution in [-0.2, 0) is 7.05 Å². The molecule has 2 N–H and O–H groups in total. The maximum absolute atomic E-state index is 4.70. The Kier molecular flexibility index (Phi) is 3.45. The topological polar surface area (TPSA) is 54.8 Å². The van der Waals surface area contributed by atoms with Crippen LogP contribution in [0.1, 0.15) is 26.0 Å². The van der Waals surface area contributed by atoms with Gasteiger partial charge in [-0.3, -0.25) is 0 Å². The van der Waals surface area contributed by atoms with Gasteiger partial charge in [0.2, 0.25) is 0 Å². The predicted octanol–water partition coefficient (Wildman–Crippen LogP) is 2.34. The Balaban J connectivity index is 1.81. The van der Waals surface area contributed by atoms with Crippen molar-refractivity contribution in [2.75, 3.05) is 11.9 Å². The molecule has 3 rings (SSSR count). The van der Waals surface area contributed by atoms with E-state index in [2.05, 4.69) is 35.5 Å². The lowest BCUT2D eigenvalue weighted by Gasteiger charge is -2.28. The first-order valence-electron chi connectivity index (χ1n) is 7.43. The summed E-state index contributed by atoms with van der Waals surface area (Å²) in [4.78, 5) is 9.10. The van der Waals surface area contributed by atoms with E-state index in [1.807, 2.05) is 37.1 Å². The van der Waals surface area contributed by atoms with Crippen molar-refractivity contribution in [3.63, 3.8) is 0 Å². The van der Waals surface area contributed by atoms with E-state index in [9.17, 15) is 0 Å². The minimum Gasteiger partial charge on any atom is -0.365 e. The Morgan fingerprint density at radius 1 is 1.38 bits per heavy atom.